The Balaban J connectivity index is 2.01. The van der Waals surface area contributed by atoms with Gasteiger partial charge in [0.2, 0.25) is 0 Å². The Labute approximate surface area is 91.3 Å². The largest absolute Gasteiger partial charge is 0.466 e. The lowest BCUT2D eigenvalue weighted by atomic mass is 9.96. The van der Waals surface area contributed by atoms with E-state index in [1.807, 2.05) is 0 Å². The fraction of sp³-hybridized carbons (Fsp3) is 0.909. The number of hydrogen-bond donors (Lipinski definition) is 1. The monoisotopic (exact) mass is 215 g/mol. The van der Waals surface area contributed by atoms with E-state index in [4.69, 9.17) is 9.47 Å². The van der Waals surface area contributed by atoms with Crippen LogP contribution in [0, 0.1) is 5.92 Å². The molecule has 1 atom stereocenters. The van der Waals surface area contributed by atoms with Crippen molar-refractivity contribution in [1.29, 1.82) is 0 Å². The van der Waals surface area contributed by atoms with E-state index in [9.17, 15) is 4.79 Å². The van der Waals surface area contributed by atoms with E-state index in [0.29, 0.717) is 25.6 Å². The molecule has 0 aromatic carbocycles. The predicted octanol–water partition coefficient (Wildman–Crippen LogP) is 0.956. The molecule has 1 heterocycles. The van der Waals surface area contributed by atoms with Crippen molar-refractivity contribution in [2.24, 2.45) is 5.92 Å². The summed E-state index contributed by atoms with van der Waals surface area (Å²) < 4.78 is 9.97. The zero-order valence-electron chi connectivity index (χ0n) is 9.46. The van der Waals surface area contributed by atoms with Crippen molar-refractivity contribution in [2.75, 3.05) is 33.4 Å². The summed E-state index contributed by atoms with van der Waals surface area (Å²) in [5.41, 5.74) is 0. The Hall–Kier alpha value is -0.610. The van der Waals surface area contributed by atoms with E-state index >= 15 is 0 Å². The molecule has 1 fully saturated rings. The highest BCUT2D eigenvalue weighted by Gasteiger charge is 2.17. The van der Waals surface area contributed by atoms with E-state index in [1.165, 1.54) is 6.42 Å². The molecule has 0 amide bonds. The molecule has 0 aromatic rings. The second-order valence-electron chi connectivity index (χ2n) is 3.98. The SMILES string of the molecule is COCCCOC(=O)CC1CCCNC1. The smallest absolute Gasteiger partial charge is 0.306 e. The number of esters is 1. The molecular weight excluding hydrogens is 194 g/mol. The van der Waals surface area contributed by atoms with Gasteiger partial charge in [-0.2, -0.15) is 0 Å². The molecule has 4 heteroatoms. The maximum Gasteiger partial charge on any atom is 0.306 e. The van der Waals surface area contributed by atoms with Gasteiger partial charge < -0.3 is 14.8 Å². The highest BCUT2D eigenvalue weighted by molar-refractivity contribution is 5.69. The van der Waals surface area contributed by atoms with Crippen LogP contribution in [-0.4, -0.2) is 39.4 Å². The first-order valence-electron chi connectivity index (χ1n) is 5.68. The highest BCUT2D eigenvalue weighted by Crippen LogP contribution is 2.14. The molecule has 0 saturated carbocycles. The first kappa shape index (κ1) is 12.5. The van der Waals surface area contributed by atoms with Crippen LogP contribution in [0.1, 0.15) is 25.7 Å². The Morgan fingerprint density at radius 3 is 3.00 bits per heavy atom. The quantitative estimate of drug-likeness (QED) is 0.529. The molecule has 1 aliphatic rings. The van der Waals surface area contributed by atoms with Crippen LogP contribution in [0.2, 0.25) is 0 Å². The topological polar surface area (TPSA) is 47.6 Å². The van der Waals surface area contributed by atoms with Crippen molar-refractivity contribution in [3.05, 3.63) is 0 Å². The number of ether oxygens (including phenoxy) is 2. The fourth-order valence-electron chi connectivity index (χ4n) is 1.78. The summed E-state index contributed by atoms with van der Waals surface area (Å²) in [6, 6.07) is 0. The second kappa shape index (κ2) is 7.65. The van der Waals surface area contributed by atoms with Crippen LogP contribution < -0.4 is 5.32 Å². The summed E-state index contributed by atoms with van der Waals surface area (Å²) in [6.07, 6.45) is 3.65. The second-order valence-corrected chi connectivity index (χ2v) is 3.98. The lowest BCUT2D eigenvalue weighted by molar-refractivity contribution is -0.145. The molecule has 15 heavy (non-hydrogen) atoms. The van der Waals surface area contributed by atoms with Crippen LogP contribution in [-0.2, 0) is 14.3 Å². The Kier molecular flexibility index (Phi) is 6.36. The zero-order chi connectivity index (χ0) is 10.9. The molecule has 0 aliphatic carbocycles. The van der Waals surface area contributed by atoms with Crippen molar-refractivity contribution in [3.8, 4) is 0 Å². The molecule has 1 aliphatic heterocycles. The number of hydrogen-bond acceptors (Lipinski definition) is 4. The summed E-state index contributed by atoms with van der Waals surface area (Å²) >= 11 is 0. The van der Waals surface area contributed by atoms with Gasteiger partial charge >= 0.3 is 5.97 Å². The first-order valence-corrected chi connectivity index (χ1v) is 5.68. The number of nitrogens with one attached hydrogen (secondary N) is 1. The van der Waals surface area contributed by atoms with E-state index in [-0.39, 0.29) is 5.97 Å². The van der Waals surface area contributed by atoms with Crippen LogP contribution in [0.5, 0.6) is 0 Å². The Morgan fingerprint density at radius 1 is 1.47 bits per heavy atom. The fourth-order valence-corrected chi connectivity index (χ4v) is 1.78. The Bertz CT molecular complexity index is 179. The number of rotatable bonds is 6. The van der Waals surface area contributed by atoms with E-state index in [1.54, 1.807) is 7.11 Å². The molecule has 0 aromatic heterocycles. The predicted molar refractivity (Wildman–Crippen MR) is 57.7 cm³/mol. The maximum atomic E-state index is 11.4. The van der Waals surface area contributed by atoms with Gasteiger partial charge in [0, 0.05) is 26.6 Å². The van der Waals surface area contributed by atoms with Crippen LogP contribution in [0.15, 0.2) is 0 Å². The number of piperidine rings is 1. The minimum Gasteiger partial charge on any atom is -0.466 e. The van der Waals surface area contributed by atoms with Crippen molar-refractivity contribution in [2.45, 2.75) is 25.7 Å². The number of methoxy groups -OCH3 is 1. The van der Waals surface area contributed by atoms with Gasteiger partial charge in [-0.15, -0.1) is 0 Å². The third-order valence-corrected chi connectivity index (χ3v) is 2.61. The number of carbonyl (C=O) groups excluding carboxylic acids is 1. The lowest BCUT2D eigenvalue weighted by Crippen LogP contribution is -2.31. The molecule has 88 valence electrons. The molecule has 1 saturated heterocycles. The average molecular weight is 215 g/mol. The van der Waals surface area contributed by atoms with E-state index in [2.05, 4.69) is 5.32 Å². The summed E-state index contributed by atoms with van der Waals surface area (Å²) in [6.45, 7) is 3.16. The van der Waals surface area contributed by atoms with Crippen LogP contribution in [0.25, 0.3) is 0 Å². The average Bonchev–Trinajstić information content (AvgIpc) is 2.26. The highest BCUT2D eigenvalue weighted by atomic mass is 16.5. The van der Waals surface area contributed by atoms with Gasteiger partial charge in [-0.3, -0.25) is 4.79 Å². The van der Waals surface area contributed by atoms with Crippen molar-refractivity contribution < 1.29 is 14.3 Å². The third-order valence-electron chi connectivity index (χ3n) is 2.61. The minimum atomic E-state index is -0.0696. The molecule has 0 radical (unpaired) electrons. The molecule has 0 spiro atoms. The summed E-state index contributed by atoms with van der Waals surface area (Å²) in [5, 5.41) is 3.29. The van der Waals surface area contributed by atoms with E-state index in [0.717, 1.165) is 25.9 Å². The van der Waals surface area contributed by atoms with Crippen LogP contribution in [0.4, 0.5) is 0 Å². The van der Waals surface area contributed by atoms with Gasteiger partial charge in [0.15, 0.2) is 0 Å². The van der Waals surface area contributed by atoms with Crippen molar-refractivity contribution >= 4 is 5.97 Å². The van der Waals surface area contributed by atoms with E-state index < -0.39 is 0 Å². The Morgan fingerprint density at radius 2 is 2.33 bits per heavy atom. The summed E-state index contributed by atoms with van der Waals surface area (Å²) in [4.78, 5) is 11.4. The standard InChI is InChI=1S/C11H21NO3/c1-14-6-3-7-15-11(13)8-10-4-2-5-12-9-10/h10,12H,2-9H2,1H3. The molecule has 1 N–H and O–H groups in total. The minimum absolute atomic E-state index is 0.0696. The van der Waals surface area contributed by atoms with Crippen molar-refractivity contribution in [3.63, 3.8) is 0 Å². The molecular formula is C11H21NO3. The van der Waals surface area contributed by atoms with Gasteiger partial charge in [-0.25, -0.2) is 0 Å². The van der Waals surface area contributed by atoms with Crippen LogP contribution >= 0.6 is 0 Å². The zero-order valence-corrected chi connectivity index (χ0v) is 9.46. The summed E-state index contributed by atoms with van der Waals surface area (Å²) in [7, 11) is 1.65. The van der Waals surface area contributed by atoms with Gasteiger partial charge in [-0.1, -0.05) is 0 Å². The molecule has 4 nitrogen and oxygen atoms in total. The number of carbonyl (C=O) groups is 1. The summed E-state index contributed by atoms with van der Waals surface area (Å²) in [5.74, 6) is 0.397. The van der Waals surface area contributed by atoms with Gasteiger partial charge in [0.1, 0.15) is 0 Å². The first-order chi connectivity index (χ1) is 7.33. The van der Waals surface area contributed by atoms with Gasteiger partial charge in [0.05, 0.1) is 6.61 Å². The van der Waals surface area contributed by atoms with Gasteiger partial charge in [0.25, 0.3) is 0 Å². The molecule has 1 unspecified atom stereocenters. The van der Waals surface area contributed by atoms with Crippen molar-refractivity contribution in [1.82, 2.24) is 5.32 Å². The third kappa shape index (κ3) is 5.74. The normalized spacial score (nSPS) is 21.3. The van der Waals surface area contributed by atoms with Gasteiger partial charge in [-0.05, 0) is 31.8 Å². The van der Waals surface area contributed by atoms with Crippen LogP contribution in [0.3, 0.4) is 0 Å². The maximum absolute atomic E-state index is 11.4. The lowest BCUT2D eigenvalue weighted by Gasteiger charge is -2.21. The molecule has 1 rings (SSSR count). The molecule has 0 bridgehead atoms.